The van der Waals surface area contributed by atoms with E-state index in [2.05, 4.69) is 20.9 Å². The number of ether oxygens (including phenoxy) is 1. The summed E-state index contributed by atoms with van der Waals surface area (Å²) in [6, 6.07) is 6.28. The van der Waals surface area contributed by atoms with Gasteiger partial charge in [-0.2, -0.15) is 0 Å². The van der Waals surface area contributed by atoms with Gasteiger partial charge in [0.1, 0.15) is 0 Å². The minimum atomic E-state index is -0.668. The van der Waals surface area contributed by atoms with E-state index in [-0.39, 0.29) is 23.5 Å². The fraction of sp³-hybridized carbons (Fsp3) is 0.412. The van der Waals surface area contributed by atoms with E-state index >= 15 is 0 Å². The molecule has 9 heteroatoms. The highest BCUT2D eigenvalue weighted by atomic mass is 35.5. The summed E-state index contributed by atoms with van der Waals surface area (Å²) in [4.78, 5) is 24.6. The van der Waals surface area contributed by atoms with Crippen molar-refractivity contribution in [2.75, 3.05) is 18.5 Å². The van der Waals surface area contributed by atoms with Crippen LogP contribution in [-0.4, -0.2) is 40.1 Å². The Balaban J connectivity index is 2.33. The van der Waals surface area contributed by atoms with Crippen LogP contribution in [0.5, 0.6) is 0 Å². The lowest BCUT2D eigenvalue weighted by atomic mass is 9.97. The van der Waals surface area contributed by atoms with Crippen LogP contribution in [-0.2, 0) is 4.74 Å². The molecular formula is C17H22ClN5O3. The van der Waals surface area contributed by atoms with Gasteiger partial charge in [-0.1, -0.05) is 37.6 Å². The molecule has 0 saturated carbocycles. The summed E-state index contributed by atoms with van der Waals surface area (Å²) in [5.41, 5.74) is 0.434. The Bertz CT molecular complexity index is 781. The Morgan fingerprint density at radius 3 is 2.46 bits per heavy atom. The number of aromatic nitrogens is 3. The van der Waals surface area contributed by atoms with Gasteiger partial charge >= 0.3 is 12.0 Å². The lowest BCUT2D eigenvalue weighted by Crippen LogP contribution is -2.36. The third-order valence-corrected chi connectivity index (χ3v) is 3.46. The number of nitrogens with one attached hydrogen (secondary N) is 2. The Kier molecular flexibility index (Phi) is 6.20. The van der Waals surface area contributed by atoms with Crippen LogP contribution in [0.3, 0.4) is 0 Å². The maximum absolute atomic E-state index is 12.5. The summed E-state index contributed by atoms with van der Waals surface area (Å²) in [6.45, 7) is 8.27. The van der Waals surface area contributed by atoms with Crippen molar-refractivity contribution in [3.63, 3.8) is 0 Å². The highest BCUT2D eigenvalue weighted by molar-refractivity contribution is 6.30. The number of anilines is 2. The third-order valence-electron chi connectivity index (χ3n) is 3.21. The van der Waals surface area contributed by atoms with Crippen LogP contribution in [0.15, 0.2) is 24.3 Å². The molecule has 8 nitrogen and oxygen atoms in total. The van der Waals surface area contributed by atoms with E-state index in [1.807, 2.05) is 20.8 Å². The predicted octanol–water partition coefficient (Wildman–Crippen LogP) is 3.46. The van der Waals surface area contributed by atoms with Gasteiger partial charge in [0.2, 0.25) is 5.69 Å². The fourth-order valence-corrected chi connectivity index (χ4v) is 2.08. The van der Waals surface area contributed by atoms with Crippen molar-refractivity contribution in [3.8, 4) is 0 Å². The van der Waals surface area contributed by atoms with E-state index in [1.54, 1.807) is 31.2 Å². The van der Waals surface area contributed by atoms with Gasteiger partial charge in [-0.3, -0.25) is 0 Å². The first-order valence-corrected chi connectivity index (χ1v) is 8.52. The molecule has 0 unspecified atom stereocenters. The van der Waals surface area contributed by atoms with Crippen molar-refractivity contribution in [2.24, 2.45) is 5.41 Å². The molecule has 0 spiro atoms. The first-order chi connectivity index (χ1) is 12.2. The van der Waals surface area contributed by atoms with Gasteiger partial charge < -0.3 is 15.4 Å². The van der Waals surface area contributed by atoms with E-state index in [4.69, 9.17) is 16.3 Å². The highest BCUT2D eigenvalue weighted by Crippen LogP contribution is 2.22. The summed E-state index contributed by atoms with van der Waals surface area (Å²) >= 11 is 5.89. The zero-order valence-electron chi connectivity index (χ0n) is 15.2. The summed E-state index contributed by atoms with van der Waals surface area (Å²) in [7, 11) is 0. The zero-order valence-corrected chi connectivity index (χ0v) is 15.9. The molecule has 0 aliphatic heterocycles. The number of rotatable bonds is 5. The molecule has 1 heterocycles. The molecule has 1 amide bonds. The summed E-state index contributed by atoms with van der Waals surface area (Å²) in [5, 5.41) is 13.9. The maximum Gasteiger partial charge on any atom is 0.362 e. The van der Waals surface area contributed by atoms with E-state index in [9.17, 15) is 9.59 Å². The van der Waals surface area contributed by atoms with E-state index in [0.29, 0.717) is 17.3 Å². The summed E-state index contributed by atoms with van der Waals surface area (Å²) in [6.07, 6.45) is 0. The number of halogens is 1. The van der Waals surface area contributed by atoms with Gasteiger partial charge in [0.05, 0.1) is 6.61 Å². The molecule has 0 aliphatic rings. The first-order valence-electron chi connectivity index (χ1n) is 8.15. The number of carbonyl (C=O) groups is 2. The maximum atomic E-state index is 12.5. The van der Waals surface area contributed by atoms with Crippen molar-refractivity contribution in [2.45, 2.75) is 27.7 Å². The number of nitrogens with zero attached hydrogens (tertiary/aromatic N) is 3. The molecule has 26 heavy (non-hydrogen) atoms. The van der Waals surface area contributed by atoms with Crippen LogP contribution in [0.4, 0.5) is 16.3 Å². The average Bonchev–Trinajstić information content (AvgIpc) is 2.98. The number of esters is 1. The second-order valence-electron chi connectivity index (χ2n) is 6.77. The number of benzene rings is 1. The molecule has 0 aliphatic carbocycles. The normalized spacial score (nSPS) is 11.1. The summed E-state index contributed by atoms with van der Waals surface area (Å²) in [5.74, 6) is -0.545. The van der Waals surface area contributed by atoms with Gasteiger partial charge in [0.15, 0.2) is 5.82 Å². The van der Waals surface area contributed by atoms with Gasteiger partial charge in [-0.05, 0) is 36.6 Å². The van der Waals surface area contributed by atoms with E-state index in [0.717, 1.165) is 4.68 Å². The molecule has 0 saturated heterocycles. The van der Waals surface area contributed by atoms with Gasteiger partial charge in [0, 0.05) is 17.3 Å². The molecular weight excluding hydrogens is 358 g/mol. The minimum absolute atomic E-state index is 0.0762. The zero-order chi connectivity index (χ0) is 19.3. The molecule has 2 N–H and O–H groups in total. The van der Waals surface area contributed by atoms with E-state index < -0.39 is 12.0 Å². The van der Waals surface area contributed by atoms with Crippen molar-refractivity contribution in [3.05, 3.63) is 35.0 Å². The molecule has 2 rings (SSSR count). The lowest BCUT2D eigenvalue weighted by Gasteiger charge is -2.19. The quantitative estimate of drug-likeness (QED) is 0.772. The SMILES string of the molecule is CCOC(=O)c1nnn(C(=O)NCC(C)(C)C)c1Nc1ccc(Cl)cc1. The minimum Gasteiger partial charge on any atom is -0.461 e. The monoisotopic (exact) mass is 379 g/mol. The molecule has 1 aromatic carbocycles. The standard InChI is InChI=1S/C17H22ClN5O3/c1-5-26-15(24)13-14(20-12-8-6-11(18)7-9-12)23(22-21-13)16(25)19-10-17(2,3)4/h6-9,20H,5,10H2,1-4H3,(H,19,25). The van der Waals surface area contributed by atoms with Gasteiger partial charge in [-0.25, -0.2) is 9.59 Å². The Morgan fingerprint density at radius 1 is 1.23 bits per heavy atom. The number of carbonyl (C=O) groups excluding carboxylic acids is 2. The van der Waals surface area contributed by atoms with Crippen molar-refractivity contribution in [1.82, 2.24) is 20.3 Å². The number of hydrogen-bond acceptors (Lipinski definition) is 6. The highest BCUT2D eigenvalue weighted by Gasteiger charge is 2.25. The summed E-state index contributed by atoms with van der Waals surface area (Å²) < 4.78 is 5.99. The third kappa shape index (κ3) is 5.19. The van der Waals surface area contributed by atoms with Crippen molar-refractivity contribution < 1.29 is 14.3 Å². The topological polar surface area (TPSA) is 98.1 Å². The molecule has 0 bridgehead atoms. The van der Waals surface area contributed by atoms with Gasteiger partial charge in [-0.15, -0.1) is 9.78 Å². The second-order valence-corrected chi connectivity index (χ2v) is 7.21. The molecule has 0 radical (unpaired) electrons. The Morgan fingerprint density at radius 2 is 1.88 bits per heavy atom. The second kappa shape index (κ2) is 8.18. The first kappa shape index (κ1) is 19.7. The average molecular weight is 380 g/mol. The van der Waals surface area contributed by atoms with Crippen LogP contribution < -0.4 is 10.6 Å². The van der Waals surface area contributed by atoms with E-state index in [1.165, 1.54) is 0 Å². The molecule has 0 atom stereocenters. The Hall–Kier alpha value is -2.61. The van der Waals surface area contributed by atoms with Crippen molar-refractivity contribution in [1.29, 1.82) is 0 Å². The molecule has 0 fully saturated rings. The smallest absolute Gasteiger partial charge is 0.362 e. The van der Waals surface area contributed by atoms with Gasteiger partial charge in [0.25, 0.3) is 0 Å². The van der Waals surface area contributed by atoms with Crippen LogP contribution >= 0.6 is 11.6 Å². The van der Waals surface area contributed by atoms with Crippen LogP contribution in [0, 0.1) is 5.41 Å². The largest absolute Gasteiger partial charge is 0.461 e. The molecule has 1 aromatic heterocycles. The number of hydrogen-bond donors (Lipinski definition) is 2. The number of amides is 1. The molecule has 2 aromatic rings. The van der Waals surface area contributed by atoms with Crippen LogP contribution in [0.25, 0.3) is 0 Å². The van der Waals surface area contributed by atoms with Crippen LogP contribution in [0.2, 0.25) is 5.02 Å². The van der Waals surface area contributed by atoms with Crippen molar-refractivity contribution >= 4 is 35.1 Å². The molecule has 140 valence electrons. The predicted molar refractivity (Wildman–Crippen MR) is 99.0 cm³/mol. The lowest BCUT2D eigenvalue weighted by molar-refractivity contribution is 0.0520. The fourth-order valence-electron chi connectivity index (χ4n) is 1.96. The Labute approximate surface area is 156 Å². The van der Waals surface area contributed by atoms with Crippen LogP contribution in [0.1, 0.15) is 38.2 Å².